The van der Waals surface area contributed by atoms with Crippen LogP contribution in [0.25, 0.3) is 0 Å². The number of carboxylic acid groups (broad SMARTS) is 1. The van der Waals surface area contributed by atoms with E-state index in [-0.39, 0.29) is 35.4 Å². The number of thioether (sulfide) groups is 1. The smallest absolute Gasteiger partial charge is 0.304 e. The third-order valence-electron chi connectivity index (χ3n) is 9.32. The van der Waals surface area contributed by atoms with Gasteiger partial charge in [-0.15, -0.1) is 11.8 Å². The third-order valence-corrected chi connectivity index (χ3v) is 10.5. The number of aliphatic hydroxyl groups is 3. The lowest BCUT2D eigenvalue weighted by Gasteiger charge is -2.60. The molecule has 3 fully saturated rings. The number of carbonyl (C=O) groups excluding carboxylic acids is 2. The van der Waals surface area contributed by atoms with Crippen LogP contribution in [0, 0.1) is 28.6 Å². The van der Waals surface area contributed by atoms with Gasteiger partial charge < -0.3 is 20.4 Å². The fourth-order valence-electron chi connectivity index (χ4n) is 7.80. The Labute approximate surface area is 192 Å². The molecule has 4 aliphatic carbocycles. The molecule has 8 heteroatoms. The monoisotopic (exact) mass is 466 g/mol. The second kappa shape index (κ2) is 8.22. The first-order valence-electron chi connectivity index (χ1n) is 11.7. The normalized spacial score (nSPS) is 43.5. The molecule has 0 spiro atoms. The molecule has 0 aromatic heterocycles. The fourth-order valence-corrected chi connectivity index (χ4v) is 9.05. The Balaban J connectivity index is 1.68. The van der Waals surface area contributed by atoms with Gasteiger partial charge in [0, 0.05) is 17.6 Å². The van der Waals surface area contributed by atoms with Crippen molar-refractivity contribution in [1.82, 2.24) is 0 Å². The largest absolute Gasteiger partial charge is 0.481 e. The molecule has 0 saturated heterocycles. The van der Waals surface area contributed by atoms with Crippen LogP contribution in [0.2, 0.25) is 0 Å². The van der Waals surface area contributed by atoms with Crippen molar-refractivity contribution in [3.05, 3.63) is 10.5 Å². The number of hydrogen-bond donors (Lipinski definition) is 4. The Bertz CT molecular complexity index is 868. The van der Waals surface area contributed by atoms with Gasteiger partial charge in [-0.2, -0.15) is 0 Å². The molecule has 7 atom stereocenters. The van der Waals surface area contributed by atoms with E-state index in [2.05, 4.69) is 6.92 Å². The highest BCUT2D eigenvalue weighted by atomic mass is 32.2. The Kier molecular flexibility index (Phi) is 6.14. The molecule has 178 valence electrons. The topological polar surface area (TPSA) is 132 Å². The zero-order valence-electron chi connectivity index (χ0n) is 18.8. The van der Waals surface area contributed by atoms with Gasteiger partial charge >= 0.3 is 5.97 Å². The summed E-state index contributed by atoms with van der Waals surface area (Å²) < 4.78 is 0. The summed E-state index contributed by atoms with van der Waals surface area (Å²) in [5, 5.41) is 41.2. The van der Waals surface area contributed by atoms with E-state index in [1.54, 1.807) is 0 Å². The Hall–Kier alpha value is -1.22. The van der Waals surface area contributed by atoms with Crippen LogP contribution in [0.5, 0.6) is 0 Å². The highest BCUT2D eigenvalue weighted by molar-refractivity contribution is 8.04. The van der Waals surface area contributed by atoms with E-state index in [9.17, 15) is 29.7 Å². The van der Waals surface area contributed by atoms with Gasteiger partial charge in [-0.05, 0) is 67.3 Å². The molecule has 0 heterocycles. The predicted octanol–water partition coefficient (Wildman–Crippen LogP) is 2.32. The summed E-state index contributed by atoms with van der Waals surface area (Å²) in [6, 6.07) is 0. The SMILES string of the molecule is C[C@]12CCC(=O)C(SCCC(=O)O)=C1CC[C@@H]1[C@@H]2[C@@H](O)C[C@@]2(C)[C@H]1CC[C@]2(O)C(=O)CO. The van der Waals surface area contributed by atoms with Crippen molar-refractivity contribution in [3.63, 3.8) is 0 Å². The molecule has 0 unspecified atom stereocenters. The number of fused-ring (bicyclic) bond motifs is 5. The van der Waals surface area contributed by atoms with Crippen molar-refractivity contribution < 1.29 is 34.8 Å². The molecule has 0 amide bonds. The zero-order valence-corrected chi connectivity index (χ0v) is 19.6. The number of Topliss-reactive ketones (excluding diaryl/α,β-unsaturated/α-hetero) is 2. The summed E-state index contributed by atoms with van der Waals surface area (Å²) in [4.78, 5) is 36.9. The van der Waals surface area contributed by atoms with E-state index in [0.717, 1.165) is 12.0 Å². The average Bonchev–Trinajstić information content (AvgIpc) is 3.00. The van der Waals surface area contributed by atoms with Crippen molar-refractivity contribution in [3.8, 4) is 0 Å². The second-order valence-corrected chi connectivity index (χ2v) is 11.7. The minimum absolute atomic E-state index is 0.00197. The number of hydrogen-bond acceptors (Lipinski definition) is 7. The molecule has 0 radical (unpaired) electrons. The lowest BCUT2D eigenvalue weighted by atomic mass is 9.45. The first-order chi connectivity index (χ1) is 15.0. The predicted molar refractivity (Wildman–Crippen MR) is 119 cm³/mol. The van der Waals surface area contributed by atoms with Gasteiger partial charge in [0.1, 0.15) is 12.2 Å². The molecular weight excluding hydrogens is 432 g/mol. The maximum Gasteiger partial charge on any atom is 0.304 e. The summed E-state index contributed by atoms with van der Waals surface area (Å²) in [5.41, 5.74) is -1.69. The number of ketones is 2. The number of carbonyl (C=O) groups is 3. The number of aliphatic hydroxyl groups excluding tert-OH is 2. The lowest BCUT2D eigenvalue weighted by Crippen LogP contribution is -2.62. The van der Waals surface area contributed by atoms with Gasteiger partial charge in [0.05, 0.1) is 17.4 Å². The Morgan fingerprint density at radius 1 is 1.16 bits per heavy atom. The van der Waals surface area contributed by atoms with Gasteiger partial charge in [0.15, 0.2) is 11.6 Å². The van der Waals surface area contributed by atoms with Crippen LogP contribution in [-0.2, 0) is 14.4 Å². The summed E-state index contributed by atoms with van der Waals surface area (Å²) in [6.07, 6.45) is 3.08. The highest BCUT2D eigenvalue weighted by Crippen LogP contribution is 2.68. The lowest BCUT2D eigenvalue weighted by molar-refractivity contribution is -0.182. The minimum atomic E-state index is -1.62. The molecule has 0 aromatic rings. The highest BCUT2D eigenvalue weighted by Gasteiger charge is 2.68. The third kappa shape index (κ3) is 3.32. The van der Waals surface area contributed by atoms with E-state index in [0.29, 0.717) is 49.2 Å². The maximum absolute atomic E-state index is 12.8. The van der Waals surface area contributed by atoms with Crippen LogP contribution in [-0.4, -0.2) is 62.0 Å². The maximum atomic E-state index is 12.8. The molecule has 0 bridgehead atoms. The van der Waals surface area contributed by atoms with Crippen LogP contribution in [0.15, 0.2) is 10.5 Å². The molecule has 3 saturated carbocycles. The van der Waals surface area contributed by atoms with Crippen LogP contribution >= 0.6 is 11.8 Å². The van der Waals surface area contributed by atoms with Gasteiger partial charge in [-0.25, -0.2) is 0 Å². The van der Waals surface area contributed by atoms with Gasteiger partial charge in [-0.1, -0.05) is 13.8 Å². The molecule has 32 heavy (non-hydrogen) atoms. The van der Waals surface area contributed by atoms with Crippen LogP contribution in [0.3, 0.4) is 0 Å². The molecule has 0 aromatic carbocycles. The van der Waals surface area contributed by atoms with Gasteiger partial charge in [0.25, 0.3) is 0 Å². The number of allylic oxidation sites excluding steroid dienone is 1. The summed E-state index contributed by atoms with van der Waals surface area (Å²) >= 11 is 1.34. The van der Waals surface area contributed by atoms with E-state index < -0.39 is 35.5 Å². The van der Waals surface area contributed by atoms with Crippen LogP contribution in [0.1, 0.15) is 65.2 Å². The minimum Gasteiger partial charge on any atom is -0.481 e. The number of carboxylic acids is 1. The Morgan fingerprint density at radius 2 is 1.88 bits per heavy atom. The number of rotatable bonds is 6. The molecular formula is C24H34O7S. The van der Waals surface area contributed by atoms with Crippen molar-refractivity contribution in [2.24, 2.45) is 28.6 Å². The summed E-state index contributed by atoms with van der Waals surface area (Å²) in [5.74, 6) is -0.901. The number of aliphatic carboxylic acids is 1. The van der Waals surface area contributed by atoms with Crippen molar-refractivity contribution in [2.45, 2.75) is 76.9 Å². The summed E-state index contributed by atoms with van der Waals surface area (Å²) in [7, 11) is 0. The molecule has 0 aliphatic heterocycles. The first kappa shape index (κ1) is 23.9. The molecule has 4 rings (SSSR count). The summed E-state index contributed by atoms with van der Waals surface area (Å²) in [6.45, 7) is 3.32. The van der Waals surface area contributed by atoms with Crippen LogP contribution < -0.4 is 0 Å². The van der Waals surface area contributed by atoms with Crippen molar-refractivity contribution in [2.75, 3.05) is 12.4 Å². The molecule has 7 nitrogen and oxygen atoms in total. The average molecular weight is 467 g/mol. The van der Waals surface area contributed by atoms with Gasteiger partial charge in [-0.3, -0.25) is 14.4 Å². The molecule has 4 aliphatic rings. The van der Waals surface area contributed by atoms with Crippen molar-refractivity contribution >= 4 is 29.3 Å². The van der Waals surface area contributed by atoms with Crippen molar-refractivity contribution in [1.29, 1.82) is 0 Å². The van der Waals surface area contributed by atoms with E-state index in [1.165, 1.54) is 11.8 Å². The standard InChI is InChI=1S/C24H34O7S/c1-22-8-6-16(26)21(32-10-7-19(29)30)15(22)4-3-13-14-5-9-24(31,18(28)12-25)23(14,2)11-17(27)20(13)22/h13-14,17,20,25,27,31H,3-12H2,1-2H3,(H,29,30)/t13-,14-,17-,20+,22-,23-,24-/m0/s1. The van der Waals surface area contributed by atoms with E-state index in [4.69, 9.17) is 5.11 Å². The zero-order chi connectivity index (χ0) is 23.5. The van der Waals surface area contributed by atoms with Crippen LogP contribution in [0.4, 0.5) is 0 Å². The quantitative estimate of drug-likeness (QED) is 0.469. The second-order valence-electron chi connectivity index (χ2n) is 10.6. The Morgan fingerprint density at radius 3 is 2.53 bits per heavy atom. The first-order valence-corrected chi connectivity index (χ1v) is 12.6. The fraction of sp³-hybridized carbons (Fsp3) is 0.792. The van der Waals surface area contributed by atoms with E-state index in [1.807, 2.05) is 6.92 Å². The van der Waals surface area contributed by atoms with Gasteiger partial charge in [0.2, 0.25) is 0 Å². The molecule has 4 N–H and O–H groups in total. The van der Waals surface area contributed by atoms with E-state index >= 15 is 0 Å².